The molecule has 3 amide bonds. The van der Waals surface area contributed by atoms with Crippen molar-refractivity contribution in [1.29, 1.82) is 0 Å². The molecule has 9 nitrogen and oxygen atoms in total. The maximum Gasteiger partial charge on any atom is 0.340 e. The lowest BCUT2D eigenvalue weighted by Crippen LogP contribution is -2.51. The highest BCUT2D eigenvalue weighted by molar-refractivity contribution is 5.97. The first kappa shape index (κ1) is 19.5. The molecule has 3 rings (SSSR count). The van der Waals surface area contributed by atoms with Gasteiger partial charge in [0.25, 0.3) is 5.91 Å². The van der Waals surface area contributed by atoms with E-state index in [1.54, 1.807) is 42.7 Å². The zero-order chi connectivity index (χ0) is 20.3. The van der Waals surface area contributed by atoms with Gasteiger partial charge in [0, 0.05) is 37.4 Å². The minimum Gasteiger partial charge on any atom is -0.462 e. The van der Waals surface area contributed by atoms with Crippen LogP contribution in [0.25, 0.3) is 0 Å². The topological polar surface area (TPSA) is 108 Å². The highest BCUT2D eigenvalue weighted by Crippen LogP contribution is 2.23. The molecule has 1 saturated heterocycles. The number of piperazine rings is 1. The van der Waals surface area contributed by atoms with E-state index < -0.39 is 5.97 Å². The summed E-state index contributed by atoms with van der Waals surface area (Å²) in [5.74, 6) is 0.167. The molecule has 0 unspecified atom stereocenters. The lowest BCUT2D eigenvalue weighted by atomic mass is 10.1. The van der Waals surface area contributed by atoms with Crippen LogP contribution in [0.1, 0.15) is 39.1 Å². The number of hydrogen-bond acceptors (Lipinski definition) is 5. The van der Waals surface area contributed by atoms with Crippen LogP contribution in [0.2, 0.25) is 0 Å². The summed E-state index contributed by atoms with van der Waals surface area (Å²) in [7, 11) is 0. The maximum absolute atomic E-state index is 12.6. The number of anilines is 1. The molecular formula is C19H24N4O5. The monoisotopic (exact) mass is 388 g/mol. The van der Waals surface area contributed by atoms with Crippen LogP contribution < -0.4 is 5.32 Å². The summed E-state index contributed by atoms with van der Waals surface area (Å²) in [5.41, 5.74) is 1.71. The number of nitrogens with one attached hydrogen (secondary N) is 2. The highest BCUT2D eigenvalue weighted by Gasteiger charge is 2.27. The van der Waals surface area contributed by atoms with Crippen molar-refractivity contribution in [1.82, 2.24) is 14.8 Å². The number of ether oxygens (including phenoxy) is 1. The van der Waals surface area contributed by atoms with Gasteiger partial charge in [-0.25, -0.2) is 9.59 Å². The van der Waals surface area contributed by atoms with Gasteiger partial charge in [-0.2, -0.15) is 0 Å². The van der Waals surface area contributed by atoms with Crippen LogP contribution in [0.5, 0.6) is 0 Å². The normalized spacial score (nSPS) is 14.1. The summed E-state index contributed by atoms with van der Waals surface area (Å²) in [6.07, 6.45) is 1.46. The number of H-pyrrole nitrogens is 1. The van der Waals surface area contributed by atoms with Crippen LogP contribution in [-0.4, -0.2) is 65.5 Å². The van der Waals surface area contributed by atoms with Crippen LogP contribution in [0.4, 0.5) is 10.6 Å². The Labute approximate surface area is 162 Å². The fourth-order valence-corrected chi connectivity index (χ4v) is 3.24. The van der Waals surface area contributed by atoms with E-state index in [1.807, 2.05) is 0 Å². The molecule has 0 radical (unpaired) electrons. The SMILES string of the molecule is CCOC(=O)c1c(C)[nH]c(NC(=O)N2CCN(C(=O)c3ccco3)CC2)c1C. The van der Waals surface area contributed by atoms with Gasteiger partial charge in [-0.05, 0) is 32.9 Å². The fourth-order valence-electron chi connectivity index (χ4n) is 3.24. The number of nitrogens with zero attached hydrogens (tertiary/aromatic N) is 2. The summed E-state index contributed by atoms with van der Waals surface area (Å²) >= 11 is 0. The van der Waals surface area contributed by atoms with E-state index in [0.717, 1.165) is 0 Å². The lowest BCUT2D eigenvalue weighted by Gasteiger charge is -2.34. The molecule has 2 N–H and O–H groups in total. The molecule has 150 valence electrons. The average molecular weight is 388 g/mol. The first-order valence-corrected chi connectivity index (χ1v) is 9.17. The van der Waals surface area contributed by atoms with Gasteiger partial charge in [0.2, 0.25) is 0 Å². The Bertz CT molecular complexity index is 863. The van der Waals surface area contributed by atoms with Gasteiger partial charge < -0.3 is 23.9 Å². The Hall–Kier alpha value is -3.23. The summed E-state index contributed by atoms with van der Waals surface area (Å²) < 4.78 is 10.2. The molecule has 9 heteroatoms. The van der Waals surface area contributed by atoms with Crippen molar-refractivity contribution in [2.45, 2.75) is 20.8 Å². The van der Waals surface area contributed by atoms with E-state index in [9.17, 15) is 14.4 Å². The average Bonchev–Trinajstić information content (AvgIpc) is 3.30. The Kier molecular flexibility index (Phi) is 5.72. The number of rotatable bonds is 4. The first-order chi connectivity index (χ1) is 13.4. The first-order valence-electron chi connectivity index (χ1n) is 9.17. The number of esters is 1. The van der Waals surface area contributed by atoms with Gasteiger partial charge in [-0.1, -0.05) is 0 Å². The lowest BCUT2D eigenvalue weighted by molar-refractivity contribution is 0.0524. The summed E-state index contributed by atoms with van der Waals surface area (Å²) in [4.78, 5) is 43.3. The van der Waals surface area contributed by atoms with E-state index in [1.165, 1.54) is 6.26 Å². The van der Waals surface area contributed by atoms with Crippen molar-refractivity contribution >= 4 is 23.7 Å². The summed E-state index contributed by atoms with van der Waals surface area (Å²) in [5, 5.41) is 2.81. The van der Waals surface area contributed by atoms with Gasteiger partial charge in [0.05, 0.1) is 18.4 Å². The zero-order valence-electron chi connectivity index (χ0n) is 16.2. The molecule has 0 spiro atoms. The van der Waals surface area contributed by atoms with E-state index in [2.05, 4.69) is 10.3 Å². The van der Waals surface area contributed by atoms with Crippen molar-refractivity contribution in [3.63, 3.8) is 0 Å². The van der Waals surface area contributed by atoms with Crippen molar-refractivity contribution < 1.29 is 23.5 Å². The van der Waals surface area contributed by atoms with Crippen LogP contribution in [0.15, 0.2) is 22.8 Å². The number of aromatic nitrogens is 1. The summed E-state index contributed by atoms with van der Waals surface area (Å²) in [6, 6.07) is 3.01. The number of aromatic amines is 1. The molecule has 0 aliphatic carbocycles. The minimum atomic E-state index is -0.417. The van der Waals surface area contributed by atoms with E-state index in [4.69, 9.17) is 9.15 Å². The molecule has 0 atom stereocenters. The van der Waals surface area contributed by atoms with Crippen molar-refractivity contribution in [2.24, 2.45) is 0 Å². The highest BCUT2D eigenvalue weighted by atomic mass is 16.5. The van der Waals surface area contributed by atoms with Crippen molar-refractivity contribution in [3.05, 3.63) is 41.0 Å². The second-order valence-corrected chi connectivity index (χ2v) is 6.53. The number of urea groups is 1. The van der Waals surface area contributed by atoms with Crippen LogP contribution in [-0.2, 0) is 4.74 Å². The maximum atomic E-state index is 12.6. The molecule has 0 saturated carbocycles. The quantitative estimate of drug-likeness (QED) is 0.782. The molecule has 0 aromatic carbocycles. The molecule has 28 heavy (non-hydrogen) atoms. The van der Waals surface area contributed by atoms with E-state index >= 15 is 0 Å². The van der Waals surface area contributed by atoms with Gasteiger partial charge in [-0.15, -0.1) is 0 Å². The second-order valence-electron chi connectivity index (χ2n) is 6.53. The molecule has 0 bridgehead atoms. The van der Waals surface area contributed by atoms with Gasteiger partial charge >= 0.3 is 12.0 Å². The predicted octanol–water partition coefficient (Wildman–Crippen LogP) is 2.39. The van der Waals surface area contributed by atoms with Crippen molar-refractivity contribution in [3.8, 4) is 0 Å². The molecule has 2 aromatic heterocycles. The molecular weight excluding hydrogens is 364 g/mol. The molecule has 1 aliphatic heterocycles. The number of furan rings is 1. The molecule has 2 aromatic rings. The smallest absolute Gasteiger partial charge is 0.340 e. The van der Waals surface area contributed by atoms with E-state index in [0.29, 0.717) is 54.6 Å². The Balaban J connectivity index is 1.60. The van der Waals surface area contributed by atoms with Crippen LogP contribution in [0.3, 0.4) is 0 Å². The van der Waals surface area contributed by atoms with Crippen molar-refractivity contribution in [2.75, 3.05) is 38.1 Å². The van der Waals surface area contributed by atoms with Crippen LogP contribution >= 0.6 is 0 Å². The second kappa shape index (κ2) is 8.20. The van der Waals surface area contributed by atoms with Gasteiger partial charge in [0.15, 0.2) is 5.76 Å². The van der Waals surface area contributed by atoms with Crippen LogP contribution in [0, 0.1) is 13.8 Å². The van der Waals surface area contributed by atoms with Gasteiger partial charge in [-0.3, -0.25) is 10.1 Å². The molecule has 1 aliphatic rings. The summed E-state index contributed by atoms with van der Waals surface area (Å²) in [6.45, 7) is 7.19. The van der Waals surface area contributed by atoms with E-state index in [-0.39, 0.29) is 18.5 Å². The largest absolute Gasteiger partial charge is 0.462 e. The zero-order valence-corrected chi connectivity index (χ0v) is 16.2. The van der Waals surface area contributed by atoms with Gasteiger partial charge in [0.1, 0.15) is 5.82 Å². The third kappa shape index (κ3) is 3.88. The Morgan fingerprint density at radius 1 is 1.18 bits per heavy atom. The predicted molar refractivity (Wildman–Crippen MR) is 101 cm³/mol. The molecule has 3 heterocycles. The minimum absolute atomic E-state index is 0.181. The standard InChI is InChI=1S/C19H24N4O5/c1-4-27-18(25)15-12(2)16(20-13(15)3)21-19(26)23-9-7-22(8-10-23)17(24)14-6-5-11-28-14/h5-6,11,20H,4,7-10H2,1-3H3,(H,21,26). The molecule has 1 fully saturated rings. The number of amides is 3. The Morgan fingerprint density at radius 3 is 2.46 bits per heavy atom. The number of carbonyl (C=O) groups is 3. The third-order valence-electron chi connectivity index (χ3n) is 4.74. The third-order valence-corrected chi connectivity index (χ3v) is 4.74. The number of carbonyl (C=O) groups excluding carboxylic acids is 3. The Morgan fingerprint density at radius 2 is 1.86 bits per heavy atom. The number of hydrogen-bond donors (Lipinski definition) is 2. The number of aryl methyl sites for hydroxylation is 1. The fraction of sp³-hybridized carbons (Fsp3) is 0.421.